The van der Waals surface area contributed by atoms with E-state index < -0.39 is 6.10 Å². The number of ether oxygens (including phenoxy) is 1. The molecule has 1 unspecified atom stereocenters. The Morgan fingerprint density at radius 3 is 3.00 bits per heavy atom. The Labute approximate surface area is 153 Å². The number of amides is 1. The van der Waals surface area contributed by atoms with Gasteiger partial charge in [-0.2, -0.15) is 4.98 Å². The Bertz CT molecular complexity index is 877. The first-order chi connectivity index (χ1) is 12.0. The Morgan fingerprint density at radius 2 is 2.24 bits per heavy atom. The van der Waals surface area contributed by atoms with E-state index in [1.54, 1.807) is 12.1 Å². The first kappa shape index (κ1) is 17.4. The predicted molar refractivity (Wildman–Crippen MR) is 95.6 cm³/mol. The van der Waals surface area contributed by atoms with Crippen LogP contribution in [0.5, 0.6) is 5.75 Å². The zero-order valence-corrected chi connectivity index (χ0v) is 15.2. The monoisotopic (exact) mass is 377 g/mol. The summed E-state index contributed by atoms with van der Waals surface area (Å²) in [6, 6.07) is 11.0. The Morgan fingerprint density at radius 1 is 1.40 bits per heavy atom. The third-order valence-corrected chi connectivity index (χ3v) is 4.61. The van der Waals surface area contributed by atoms with E-state index in [9.17, 15) is 4.79 Å². The van der Waals surface area contributed by atoms with Crippen molar-refractivity contribution in [3.8, 4) is 16.5 Å². The molecule has 0 aliphatic rings. The highest BCUT2D eigenvalue weighted by atomic mass is 35.5. The molecule has 1 N–H and O–H groups in total. The number of hydrogen-bond donors (Lipinski definition) is 1. The molecule has 0 radical (unpaired) electrons. The summed E-state index contributed by atoms with van der Waals surface area (Å²) in [6.45, 7) is 3.80. The summed E-state index contributed by atoms with van der Waals surface area (Å²) in [6.07, 6.45) is -0.404. The van der Waals surface area contributed by atoms with Gasteiger partial charge in [0, 0.05) is 16.8 Å². The summed E-state index contributed by atoms with van der Waals surface area (Å²) in [5.74, 6) is 1.44. The molecule has 0 spiro atoms. The molecule has 0 bridgehead atoms. The van der Waals surface area contributed by atoms with Crippen molar-refractivity contribution in [3.63, 3.8) is 0 Å². The van der Waals surface area contributed by atoms with Gasteiger partial charge in [-0.05, 0) is 37.3 Å². The average Bonchev–Trinajstić information content (AvgIpc) is 3.22. The number of carbonyl (C=O) groups excluding carboxylic acids is 1. The molecule has 0 fully saturated rings. The molecule has 8 heteroatoms. The van der Waals surface area contributed by atoms with Crippen molar-refractivity contribution in [2.45, 2.75) is 26.5 Å². The van der Waals surface area contributed by atoms with E-state index in [0.29, 0.717) is 29.0 Å². The van der Waals surface area contributed by atoms with Crippen molar-refractivity contribution in [1.29, 1.82) is 0 Å². The number of nitrogens with zero attached hydrogens (tertiary/aromatic N) is 2. The van der Waals surface area contributed by atoms with E-state index >= 15 is 0 Å². The van der Waals surface area contributed by atoms with Crippen LogP contribution >= 0.6 is 22.9 Å². The fourth-order valence-electron chi connectivity index (χ4n) is 2.10. The largest absolute Gasteiger partial charge is 0.481 e. The number of nitrogens with one attached hydrogen (secondary N) is 1. The number of aromatic nitrogens is 2. The summed E-state index contributed by atoms with van der Waals surface area (Å²) < 4.78 is 11.1. The van der Waals surface area contributed by atoms with Gasteiger partial charge in [0.25, 0.3) is 5.89 Å². The van der Waals surface area contributed by atoms with Gasteiger partial charge in [-0.1, -0.05) is 22.8 Å². The van der Waals surface area contributed by atoms with E-state index in [-0.39, 0.29) is 5.91 Å². The number of hydrogen-bond acceptors (Lipinski definition) is 6. The first-order valence-corrected chi connectivity index (χ1v) is 8.80. The van der Waals surface area contributed by atoms with E-state index in [1.807, 2.05) is 31.2 Å². The number of thiophene rings is 1. The SMILES string of the molecule is CC(=O)NCc1ccc(-c2noc(C(C)Oc3cccc(Cl)c3)n2)s1. The van der Waals surface area contributed by atoms with Gasteiger partial charge in [0.15, 0.2) is 6.10 Å². The van der Waals surface area contributed by atoms with Crippen LogP contribution in [-0.2, 0) is 11.3 Å². The molecule has 2 heterocycles. The molecule has 1 amide bonds. The Hall–Kier alpha value is -2.38. The van der Waals surface area contributed by atoms with Gasteiger partial charge in [0.05, 0.1) is 11.4 Å². The summed E-state index contributed by atoms with van der Waals surface area (Å²) >= 11 is 7.45. The van der Waals surface area contributed by atoms with Crippen molar-refractivity contribution >= 4 is 28.8 Å². The fourth-order valence-corrected chi connectivity index (χ4v) is 3.15. The third kappa shape index (κ3) is 4.58. The van der Waals surface area contributed by atoms with Gasteiger partial charge < -0.3 is 14.6 Å². The molecule has 6 nitrogen and oxygen atoms in total. The van der Waals surface area contributed by atoms with E-state index in [2.05, 4.69) is 15.5 Å². The molecule has 2 aromatic heterocycles. The fraction of sp³-hybridized carbons (Fsp3) is 0.235. The van der Waals surface area contributed by atoms with Crippen LogP contribution in [0.15, 0.2) is 40.9 Å². The highest BCUT2D eigenvalue weighted by Crippen LogP contribution is 2.28. The smallest absolute Gasteiger partial charge is 0.267 e. The maximum absolute atomic E-state index is 11.0. The number of halogens is 1. The van der Waals surface area contributed by atoms with Crippen LogP contribution in [0.4, 0.5) is 0 Å². The zero-order chi connectivity index (χ0) is 17.8. The summed E-state index contributed by atoms with van der Waals surface area (Å²) in [7, 11) is 0. The molecule has 3 rings (SSSR count). The number of benzene rings is 1. The molecule has 1 atom stereocenters. The minimum absolute atomic E-state index is 0.0659. The lowest BCUT2D eigenvalue weighted by Gasteiger charge is -2.10. The molecule has 0 aliphatic heterocycles. The molecule has 3 aromatic rings. The van der Waals surface area contributed by atoms with Crippen LogP contribution in [0.1, 0.15) is 30.7 Å². The van der Waals surface area contributed by atoms with Gasteiger partial charge in [0.2, 0.25) is 11.7 Å². The second-order valence-corrected chi connectivity index (χ2v) is 6.95. The Balaban J connectivity index is 1.68. The zero-order valence-electron chi connectivity index (χ0n) is 13.7. The standard InChI is InChI=1S/C17H16ClN3O3S/c1-10(23-13-5-3-4-12(18)8-13)17-20-16(21-24-17)15-7-6-14(25-15)9-19-11(2)22/h3-8,10H,9H2,1-2H3,(H,19,22). The minimum atomic E-state index is -0.404. The third-order valence-electron chi connectivity index (χ3n) is 3.29. The summed E-state index contributed by atoms with van der Waals surface area (Å²) in [4.78, 5) is 17.2. The second kappa shape index (κ2) is 7.67. The van der Waals surface area contributed by atoms with Gasteiger partial charge in [0.1, 0.15) is 5.75 Å². The van der Waals surface area contributed by atoms with Crippen LogP contribution in [0.25, 0.3) is 10.7 Å². The molecule has 25 heavy (non-hydrogen) atoms. The molecule has 130 valence electrons. The topological polar surface area (TPSA) is 77.2 Å². The molecule has 0 aliphatic carbocycles. The van der Waals surface area contributed by atoms with Crippen LogP contribution in [0.3, 0.4) is 0 Å². The maximum Gasteiger partial charge on any atom is 0.267 e. The molecule has 0 saturated carbocycles. The van der Waals surface area contributed by atoms with E-state index in [0.717, 1.165) is 9.75 Å². The normalized spacial score (nSPS) is 12.0. The highest BCUT2D eigenvalue weighted by Gasteiger charge is 2.18. The molecular formula is C17H16ClN3O3S. The van der Waals surface area contributed by atoms with E-state index in [1.165, 1.54) is 18.3 Å². The number of carbonyl (C=O) groups is 1. The second-order valence-electron chi connectivity index (χ2n) is 5.35. The van der Waals surface area contributed by atoms with Crippen molar-refractivity contribution < 1.29 is 14.1 Å². The summed E-state index contributed by atoms with van der Waals surface area (Å²) in [5, 5.41) is 7.36. The molecule has 0 saturated heterocycles. The van der Waals surface area contributed by atoms with Crippen molar-refractivity contribution in [2.75, 3.05) is 0 Å². The average molecular weight is 378 g/mol. The van der Waals surface area contributed by atoms with Crippen LogP contribution in [0, 0.1) is 0 Å². The lowest BCUT2D eigenvalue weighted by molar-refractivity contribution is -0.119. The molecule has 1 aromatic carbocycles. The molecular weight excluding hydrogens is 362 g/mol. The van der Waals surface area contributed by atoms with Crippen LogP contribution in [0.2, 0.25) is 5.02 Å². The van der Waals surface area contributed by atoms with E-state index in [4.69, 9.17) is 20.9 Å². The van der Waals surface area contributed by atoms with Gasteiger partial charge in [-0.25, -0.2) is 0 Å². The quantitative estimate of drug-likeness (QED) is 0.695. The van der Waals surface area contributed by atoms with Crippen LogP contribution < -0.4 is 10.1 Å². The lowest BCUT2D eigenvalue weighted by atomic mass is 10.3. The minimum Gasteiger partial charge on any atom is -0.481 e. The van der Waals surface area contributed by atoms with Gasteiger partial charge >= 0.3 is 0 Å². The van der Waals surface area contributed by atoms with Gasteiger partial charge in [-0.3, -0.25) is 4.79 Å². The van der Waals surface area contributed by atoms with Crippen LogP contribution in [-0.4, -0.2) is 16.0 Å². The Kier molecular flexibility index (Phi) is 5.35. The predicted octanol–water partition coefficient (Wildman–Crippen LogP) is 4.23. The maximum atomic E-state index is 11.0. The van der Waals surface area contributed by atoms with Crippen molar-refractivity contribution in [1.82, 2.24) is 15.5 Å². The summed E-state index contributed by atoms with van der Waals surface area (Å²) in [5.41, 5.74) is 0. The first-order valence-electron chi connectivity index (χ1n) is 7.60. The number of rotatable bonds is 6. The van der Waals surface area contributed by atoms with Crippen molar-refractivity contribution in [2.24, 2.45) is 0 Å². The van der Waals surface area contributed by atoms with Gasteiger partial charge in [-0.15, -0.1) is 11.3 Å². The van der Waals surface area contributed by atoms with Crippen molar-refractivity contribution in [3.05, 3.63) is 52.2 Å². The lowest BCUT2D eigenvalue weighted by Crippen LogP contribution is -2.17. The highest BCUT2D eigenvalue weighted by molar-refractivity contribution is 7.15.